The summed E-state index contributed by atoms with van der Waals surface area (Å²) < 4.78 is 25.3. The Morgan fingerprint density at radius 3 is 2.52 bits per heavy atom. The van der Waals surface area contributed by atoms with Gasteiger partial charge in [0.2, 0.25) is 0 Å². The van der Waals surface area contributed by atoms with E-state index in [-0.39, 0.29) is 6.04 Å². The van der Waals surface area contributed by atoms with Gasteiger partial charge in [0.1, 0.15) is 9.84 Å². The molecule has 1 unspecified atom stereocenters. The number of piperidine rings is 1. The van der Waals surface area contributed by atoms with E-state index >= 15 is 0 Å². The summed E-state index contributed by atoms with van der Waals surface area (Å²) in [6.07, 6.45) is 3.84. The second-order valence-corrected chi connectivity index (χ2v) is 8.76. The molecule has 21 heavy (non-hydrogen) atoms. The maximum atomic E-state index is 11.6. The molecule has 1 N–H and O–H groups in total. The van der Waals surface area contributed by atoms with Crippen LogP contribution in [0.4, 0.5) is 0 Å². The number of aromatic nitrogens is 2. The van der Waals surface area contributed by atoms with Gasteiger partial charge in [0.05, 0.1) is 23.2 Å². The molecule has 2 saturated heterocycles. The van der Waals surface area contributed by atoms with Gasteiger partial charge < -0.3 is 5.32 Å². The first-order chi connectivity index (χ1) is 9.98. The van der Waals surface area contributed by atoms with E-state index in [1.807, 2.05) is 0 Å². The van der Waals surface area contributed by atoms with Gasteiger partial charge in [-0.3, -0.25) is 4.68 Å². The van der Waals surface area contributed by atoms with E-state index in [4.69, 9.17) is 5.10 Å². The molecule has 0 aromatic carbocycles. The van der Waals surface area contributed by atoms with Crippen molar-refractivity contribution in [1.29, 1.82) is 0 Å². The summed E-state index contributed by atoms with van der Waals surface area (Å²) in [5.41, 5.74) is 3.75. The van der Waals surface area contributed by atoms with Gasteiger partial charge in [-0.05, 0) is 46.1 Å². The number of sulfone groups is 1. The van der Waals surface area contributed by atoms with Crippen molar-refractivity contribution >= 4 is 9.84 Å². The lowest BCUT2D eigenvalue weighted by molar-refractivity contribution is 0.402. The molecule has 2 aliphatic heterocycles. The molecule has 1 aromatic rings. The molecule has 3 rings (SSSR count). The standard InChI is InChI=1S/C15H25N3O2S/c1-11-15(13-4-3-7-16-10-13)12(2)18(17-11)14-5-8-21(19,20)9-6-14/h13-14,16H,3-10H2,1-2H3. The van der Waals surface area contributed by atoms with Gasteiger partial charge in [0.25, 0.3) is 0 Å². The number of nitrogens with zero attached hydrogens (tertiary/aromatic N) is 2. The third-order valence-corrected chi connectivity index (χ3v) is 6.67. The van der Waals surface area contributed by atoms with Crippen LogP contribution in [0.15, 0.2) is 0 Å². The number of rotatable bonds is 2. The van der Waals surface area contributed by atoms with Gasteiger partial charge in [0.15, 0.2) is 0 Å². The molecule has 1 aromatic heterocycles. The van der Waals surface area contributed by atoms with Gasteiger partial charge in [-0.1, -0.05) is 0 Å². The largest absolute Gasteiger partial charge is 0.316 e. The molecule has 0 aliphatic carbocycles. The van der Waals surface area contributed by atoms with Crippen molar-refractivity contribution in [3.63, 3.8) is 0 Å². The molecule has 0 amide bonds. The average Bonchev–Trinajstić information content (AvgIpc) is 2.75. The molecule has 0 saturated carbocycles. The topological polar surface area (TPSA) is 64.0 Å². The molecule has 3 heterocycles. The van der Waals surface area contributed by atoms with Gasteiger partial charge in [-0.15, -0.1) is 0 Å². The summed E-state index contributed by atoms with van der Waals surface area (Å²) in [6.45, 7) is 6.38. The maximum absolute atomic E-state index is 11.6. The number of aryl methyl sites for hydroxylation is 1. The van der Waals surface area contributed by atoms with E-state index in [0.717, 1.165) is 18.8 Å². The summed E-state index contributed by atoms with van der Waals surface area (Å²) in [5.74, 6) is 1.16. The molecule has 118 valence electrons. The minimum absolute atomic E-state index is 0.248. The molecule has 5 nitrogen and oxygen atoms in total. The highest BCUT2D eigenvalue weighted by Crippen LogP contribution is 2.32. The van der Waals surface area contributed by atoms with Crippen molar-refractivity contribution in [3.8, 4) is 0 Å². The Hall–Kier alpha value is -0.880. The zero-order valence-electron chi connectivity index (χ0n) is 12.9. The van der Waals surface area contributed by atoms with Crippen LogP contribution in [0.2, 0.25) is 0 Å². The number of hydrogen-bond acceptors (Lipinski definition) is 4. The normalized spacial score (nSPS) is 26.9. The summed E-state index contributed by atoms with van der Waals surface area (Å²) in [5, 5.41) is 8.22. The fourth-order valence-electron chi connectivity index (χ4n) is 3.84. The van der Waals surface area contributed by atoms with E-state index in [9.17, 15) is 8.42 Å². The highest BCUT2D eigenvalue weighted by molar-refractivity contribution is 7.91. The molecular weight excluding hydrogens is 286 g/mol. The van der Waals surface area contributed by atoms with Crippen LogP contribution in [0, 0.1) is 13.8 Å². The third-order valence-electron chi connectivity index (χ3n) is 4.96. The molecule has 2 fully saturated rings. The van der Waals surface area contributed by atoms with Crippen molar-refractivity contribution in [2.45, 2.75) is 51.5 Å². The minimum atomic E-state index is -2.81. The van der Waals surface area contributed by atoms with Crippen LogP contribution in [0.25, 0.3) is 0 Å². The Balaban J connectivity index is 1.84. The third kappa shape index (κ3) is 3.01. The van der Waals surface area contributed by atoms with Crippen molar-refractivity contribution < 1.29 is 8.42 Å². The summed E-state index contributed by atoms with van der Waals surface area (Å²) in [7, 11) is -2.81. The first-order valence-electron chi connectivity index (χ1n) is 7.94. The van der Waals surface area contributed by atoms with Gasteiger partial charge in [0, 0.05) is 23.7 Å². The second-order valence-electron chi connectivity index (χ2n) is 6.46. The minimum Gasteiger partial charge on any atom is -0.316 e. The monoisotopic (exact) mass is 311 g/mol. The van der Waals surface area contributed by atoms with E-state index in [1.54, 1.807) is 0 Å². The molecule has 1 atom stereocenters. The summed E-state index contributed by atoms with van der Waals surface area (Å²) in [6, 6.07) is 0.248. The van der Waals surface area contributed by atoms with E-state index in [2.05, 4.69) is 23.8 Å². The highest BCUT2D eigenvalue weighted by atomic mass is 32.2. The Kier molecular flexibility index (Phi) is 4.10. The highest BCUT2D eigenvalue weighted by Gasteiger charge is 2.29. The molecule has 0 spiro atoms. The van der Waals surface area contributed by atoms with E-state index in [1.165, 1.54) is 24.1 Å². The van der Waals surface area contributed by atoms with E-state index in [0.29, 0.717) is 30.3 Å². The van der Waals surface area contributed by atoms with E-state index < -0.39 is 9.84 Å². The lowest BCUT2D eigenvalue weighted by atomic mass is 9.90. The molecule has 6 heteroatoms. The van der Waals surface area contributed by atoms with Crippen molar-refractivity contribution in [2.75, 3.05) is 24.6 Å². The first kappa shape index (κ1) is 15.0. The van der Waals surface area contributed by atoms with Crippen LogP contribution < -0.4 is 5.32 Å². The summed E-state index contributed by atoms with van der Waals surface area (Å²) in [4.78, 5) is 0. The SMILES string of the molecule is Cc1nn(C2CCS(=O)(=O)CC2)c(C)c1C1CCCNC1. The average molecular weight is 311 g/mol. The maximum Gasteiger partial charge on any atom is 0.150 e. The fourth-order valence-corrected chi connectivity index (χ4v) is 5.31. The molecule has 0 bridgehead atoms. The molecule has 0 radical (unpaired) electrons. The lowest BCUT2D eigenvalue weighted by Gasteiger charge is -2.25. The van der Waals surface area contributed by atoms with Crippen molar-refractivity contribution in [3.05, 3.63) is 17.0 Å². The van der Waals surface area contributed by atoms with Gasteiger partial charge >= 0.3 is 0 Å². The Morgan fingerprint density at radius 1 is 1.19 bits per heavy atom. The van der Waals surface area contributed by atoms with Crippen LogP contribution >= 0.6 is 0 Å². The lowest BCUT2D eigenvalue weighted by Crippen LogP contribution is -2.29. The van der Waals surface area contributed by atoms with Crippen molar-refractivity contribution in [2.24, 2.45) is 0 Å². The van der Waals surface area contributed by atoms with Gasteiger partial charge in [-0.25, -0.2) is 8.42 Å². The Morgan fingerprint density at radius 2 is 1.90 bits per heavy atom. The number of hydrogen-bond donors (Lipinski definition) is 1. The predicted molar refractivity (Wildman–Crippen MR) is 83.5 cm³/mol. The number of nitrogens with one attached hydrogen (secondary N) is 1. The summed E-state index contributed by atoms with van der Waals surface area (Å²) >= 11 is 0. The molecule has 2 aliphatic rings. The second kappa shape index (κ2) is 5.72. The zero-order valence-corrected chi connectivity index (χ0v) is 13.7. The smallest absolute Gasteiger partial charge is 0.150 e. The predicted octanol–water partition coefficient (Wildman–Crippen LogP) is 1.72. The first-order valence-corrected chi connectivity index (χ1v) is 9.77. The Labute approximate surface area is 127 Å². The van der Waals surface area contributed by atoms with Crippen LogP contribution in [-0.4, -0.2) is 42.8 Å². The van der Waals surface area contributed by atoms with Crippen molar-refractivity contribution in [1.82, 2.24) is 15.1 Å². The zero-order chi connectivity index (χ0) is 15.0. The molecular formula is C15H25N3O2S. The fraction of sp³-hybridized carbons (Fsp3) is 0.800. The van der Waals surface area contributed by atoms with Crippen LogP contribution in [0.3, 0.4) is 0 Å². The van der Waals surface area contributed by atoms with Crippen LogP contribution in [0.5, 0.6) is 0 Å². The quantitative estimate of drug-likeness (QED) is 0.903. The van der Waals surface area contributed by atoms with Gasteiger partial charge in [-0.2, -0.15) is 5.10 Å². The van der Waals surface area contributed by atoms with Crippen LogP contribution in [0.1, 0.15) is 54.6 Å². The van der Waals surface area contributed by atoms with Crippen LogP contribution in [-0.2, 0) is 9.84 Å². The Bertz CT molecular complexity index is 601.